The van der Waals surface area contributed by atoms with Crippen LogP contribution in [-0.2, 0) is 4.74 Å². The average Bonchev–Trinajstić information content (AvgIpc) is 3.08. The molecule has 0 aromatic carbocycles. The second-order valence-corrected chi connectivity index (χ2v) is 7.20. The van der Waals surface area contributed by atoms with Gasteiger partial charge in [0, 0.05) is 44.5 Å². The second-order valence-electron chi connectivity index (χ2n) is 6.81. The zero-order valence-electron chi connectivity index (χ0n) is 13.5. The van der Waals surface area contributed by atoms with Crippen molar-refractivity contribution in [3.05, 3.63) is 23.0 Å². The Morgan fingerprint density at radius 2 is 2.26 bits per heavy atom. The lowest BCUT2D eigenvalue weighted by molar-refractivity contribution is 0.115. The van der Waals surface area contributed by atoms with Gasteiger partial charge in [-0.05, 0) is 24.7 Å². The summed E-state index contributed by atoms with van der Waals surface area (Å²) in [6.07, 6.45) is 4.70. The Labute approximate surface area is 142 Å². The standard InChI is InChI=1S/C18H23ClN2O2/c1-18(13-22)5-7-21(8-6-18)16-10-17(19)20-11-15(16)3-2-14-4-9-23-12-14/h10-11,14,22H,4-9,12-13H2,1H3. The number of aromatic nitrogens is 1. The van der Waals surface area contributed by atoms with E-state index in [2.05, 4.69) is 28.6 Å². The molecular weight excluding hydrogens is 312 g/mol. The van der Waals surface area contributed by atoms with Gasteiger partial charge in [-0.2, -0.15) is 0 Å². The maximum Gasteiger partial charge on any atom is 0.131 e. The topological polar surface area (TPSA) is 45.6 Å². The average molecular weight is 335 g/mol. The minimum Gasteiger partial charge on any atom is -0.396 e. The van der Waals surface area contributed by atoms with Crippen LogP contribution in [0.4, 0.5) is 5.69 Å². The van der Waals surface area contributed by atoms with Crippen LogP contribution in [-0.4, -0.2) is 43.0 Å². The lowest BCUT2D eigenvalue weighted by Gasteiger charge is -2.39. The molecule has 1 aromatic heterocycles. The first kappa shape index (κ1) is 16.6. The summed E-state index contributed by atoms with van der Waals surface area (Å²) >= 11 is 6.10. The molecule has 1 atom stereocenters. The highest BCUT2D eigenvalue weighted by Gasteiger charge is 2.30. The van der Waals surface area contributed by atoms with Crippen LogP contribution >= 0.6 is 11.6 Å². The fourth-order valence-corrected chi connectivity index (χ4v) is 3.20. The zero-order chi connectivity index (χ0) is 16.3. The van der Waals surface area contributed by atoms with Crippen molar-refractivity contribution in [2.75, 3.05) is 37.8 Å². The Bertz CT molecular complexity index is 609. The van der Waals surface area contributed by atoms with Crippen LogP contribution in [0.25, 0.3) is 0 Å². The molecular formula is C18H23ClN2O2. The Morgan fingerprint density at radius 3 is 2.91 bits per heavy atom. The summed E-state index contributed by atoms with van der Waals surface area (Å²) in [5.74, 6) is 6.89. The molecule has 4 nitrogen and oxygen atoms in total. The minimum atomic E-state index is 0.0281. The summed E-state index contributed by atoms with van der Waals surface area (Å²) in [7, 11) is 0. The lowest BCUT2D eigenvalue weighted by atomic mass is 9.81. The molecule has 1 aromatic rings. The Hall–Kier alpha value is -1.28. The molecule has 1 unspecified atom stereocenters. The van der Waals surface area contributed by atoms with Crippen molar-refractivity contribution in [2.45, 2.75) is 26.2 Å². The third kappa shape index (κ3) is 3.98. The summed E-state index contributed by atoms with van der Waals surface area (Å²) in [5, 5.41) is 10.0. The fraction of sp³-hybridized carbons (Fsp3) is 0.611. The molecule has 23 heavy (non-hydrogen) atoms. The van der Waals surface area contributed by atoms with E-state index < -0.39 is 0 Å². The monoisotopic (exact) mass is 334 g/mol. The number of halogens is 1. The Balaban J connectivity index is 1.79. The van der Waals surface area contributed by atoms with Crippen LogP contribution in [0.2, 0.25) is 5.15 Å². The molecule has 1 N–H and O–H groups in total. The van der Waals surface area contributed by atoms with Crippen molar-refractivity contribution >= 4 is 17.3 Å². The molecule has 124 valence electrons. The molecule has 0 saturated carbocycles. The molecule has 0 bridgehead atoms. The number of pyridine rings is 1. The van der Waals surface area contributed by atoms with E-state index in [0.29, 0.717) is 11.1 Å². The number of anilines is 1. The van der Waals surface area contributed by atoms with Gasteiger partial charge in [-0.15, -0.1) is 0 Å². The van der Waals surface area contributed by atoms with E-state index in [4.69, 9.17) is 16.3 Å². The first-order chi connectivity index (χ1) is 11.1. The highest BCUT2D eigenvalue weighted by atomic mass is 35.5. The van der Waals surface area contributed by atoms with Gasteiger partial charge in [-0.1, -0.05) is 30.4 Å². The van der Waals surface area contributed by atoms with Crippen molar-refractivity contribution in [3.63, 3.8) is 0 Å². The van der Waals surface area contributed by atoms with E-state index in [1.165, 1.54) is 0 Å². The third-order valence-corrected chi connectivity index (χ3v) is 5.09. The van der Waals surface area contributed by atoms with Gasteiger partial charge in [0.1, 0.15) is 5.15 Å². The molecule has 2 saturated heterocycles. The summed E-state index contributed by atoms with van der Waals surface area (Å²) in [5.41, 5.74) is 2.01. The van der Waals surface area contributed by atoms with E-state index in [-0.39, 0.29) is 12.0 Å². The molecule has 2 aliphatic rings. The van der Waals surface area contributed by atoms with Crippen LogP contribution in [0.5, 0.6) is 0 Å². The molecule has 5 heteroatoms. The number of nitrogens with zero attached hydrogens (tertiary/aromatic N) is 2. The summed E-state index contributed by atoms with van der Waals surface area (Å²) < 4.78 is 5.37. The van der Waals surface area contributed by atoms with Crippen LogP contribution < -0.4 is 4.90 Å². The van der Waals surface area contributed by atoms with Gasteiger partial charge in [-0.3, -0.25) is 0 Å². The summed E-state index contributed by atoms with van der Waals surface area (Å²) in [6, 6.07) is 1.90. The zero-order valence-corrected chi connectivity index (χ0v) is 14.3. The van der Waals surface area contributed by atoms with E-state index in [1.54, 1.807) is 6.20 Å². The number of ether oxygens (including phenoxy) is 1. The smallest absolute Gasteiger partial charge is 0.131 e. The molecule has 3 heterocycles. The minimum absolute atomic E-state index is 0.0281. The molecule has 0 aliphatic carbocycles. The predicted molar refractivity (Wildman–Crippen MR) is 91.7 cm³/mol. The van der Waals surface area contributed by atoms with E-state index in [1.807, 2.05) is 6.07 Å². The Morgan fingerprint density at radius 1 is 1.48 bits per heavy atom. The van der Waals surface area contributed by atoms with E-state index in [9.17, 15) is 5.11 Å². The molecule has 2 fully saturated rings. The quantitative estimate of drug-likeness (QED) is 0.667. The van der Waals surface area contributed by atoms with Crippen molar-refractivity contribution < 1.29 is 9.84 Å². The molecule has 0 radical (unpaired) electrons. The SMILES string of the molecule is CC1(CO)CCN(c2cc(Cl)ncc2C#CC2CCOC2)CC1. The molecule has 2 aliphatic heterocycles. The van der Waals surface area contributed by atoms with E-state index in [0.717, 1.165) is 56.8 Å². The highest BCUT2D eigenvalue weighted by molar-refractivity contribution is 6.29. The van der Waals surface area contributed by atoms with Gasteiger partial charge in [0.05, 0.1) is 17.9 Å². The second kappa shape index (κ2) is 7.09. The third-order valence-electron chi connectivity index (χ3n) is 4.88. The summed E-state index contributed by atoms with van der Waals surface area (Å²) in [6.45, 7) is 5.72. The van der Waals surface area contributed by atoms with Gasteiger partial charge in [-0.25, -0.2) is 4.98 Å². The largest absolute Gasteiger partial charge is 0.396 e. The number of hydrogen-bond donors (Lipinski definition) is 1. The fourth-order valence-electron chi connectivity index (χ4n) is 3.05. The molecule has 3 rings (SSSR count). The first-order valence-electron chi connectivity index (χ1n) is 8.20. The maximum atomic E-state index is 9.53. The summed E-state index contributed by atoms with van der Waals surface area (Å²) in [4.78, 5) is 6.50. The normalized spacial score (nSPS) is 23.4. The van der Waals surface area contributed by atoms with Crippen molar-refractivity contribution in [2.24, 2.45) is 11.3 Å². The maximum absolute atomic E-state index is 9.53. The molecule has 0 spiro atoms. The number of hydrogen-bond acceptors (Lipinski definition) is 4. The van der Waals surface area contributed by atoms with Crippen molar-refractivity contribution in [1.82, 2.24) is 4.98 Å². The number of rotatable bonds is 2. The number of piperidine rings is 1. The van der Waals surface area contributed by atoms with Gasteiger partial charge in [0.15, 0.2) is 0 Å². The van der Waals surface area contributed by atoms with Gasteiger partial charge in [0.25, 0.3) is 0 Å². The molecule has 0 amide bonds. The van der Waals surface area contributed by atoms with Crippen LogP contribution in [0.15, 0.2) is 12.3 Å². The number of aliphatic hydroxyl groups is 1. The highest BCUT2D eigenvalue weighted by Crippen LogP contribution is 2.34. The van der Waals surface area contributed by atoms with Gasteiger partial charge < -0.3 is 14.7 Å². The van der Waals surface area contributed by atoms with Crippen LogP contribution in [0.3, 0.4) is 0 Å². The van der Waals surface area contributed by atoms with E-state index >= 15 is 0 Å². The van der Waals surface area contributed by atoms with Gasteiger partial charge in [0.2, 0.25) is 0 Å². The van der Waals surface area contributed by atoms with Gasteiger partial charge >= 0.3 is 0 Å². The predicted octanol–water partition coefficient (Wildman–Crippen LogP) is 2.72. The first-order valence-corrected chi connectivity index (χ1v) is 8.58. The number of aliphatic hydroxyl groups excluding tert-OH is 1. The Kier molecular flexibility index (Phi) is 5.11. The van der Waals surface area contributed by atoms with Crippen molar-refractivity contribution in [1.29, 1.82) is 0 Å². The van der Waals surface area contributed by atoms with Crippen molar-refractivity contribution in [3.8, 4) is 11.8 Å². The van der Waals surface area contributed by atoms with Crippen LogP contribution in [0, 0.1) is 23.2 Å². The van der Waals surface area contributed by atoms with Crippen LogP contribution in [0.1, 0.15) is 31.7 Å². The lowest BCUT2D eigenvalue weighted by Crippen LogP contribution is -2.40.